The predicted octanol–water partition coefficient (Wildman–Crippen LogP) is 1.41. The van der Waals surface area contributed by atoms with Gasteiger partial charge in [-0.1, -0.05) is 30.3 Å². The first-order valence-corrected chi connectivity index (χ1v) is 8.44. The summed E-state index contributed by atoms with van der Waals surface area (Å²) in [6.07, 6.45) is 1.06. The van der Waals surface area contributed by atoms with Gasteiger partial charge in [0, 0.05) is 33.2 Å². The number of rotatable bonds is 6. The fourth-order valence-electron chi connectivity index (χ4n) is 2.46. The van der Waals surface area contributed by atoms with E-state index in [1.54, 1.807) is 19.0 Å². The minimum atomic E-state index is -0.0207. The Hall–Kier alpha value is -2.08. The number of ether oxygens (including phenoxy) is 1. The third-order valence-corrected chi connectivity index (χ3v) is 4.11. The third-order valence-electron chi connectivity index (χ3n) is 4.11. The molecule has 0 aliphatic carbocycles. The molecule has 0 radical (unpaired) electrons. The zero-order chi connectivity index (χ0) is 17.4. The van der Waals surface area contributed by atoms with Crippen molar-refractivity contribution in [2.75, 3.05) is 40.4 Å². The number of carbonyl (C=O) groups is 1. The van der Waals surface area contributed by atoms with Crippen LogP contribution in [0.1, 0.15) is 24.9 Å². The van der Waals surface area contributed by atoms with E-state index in [1.807, 2.05) is 18.2 Å². The van der Waals surface area contributed by atoms with Gasteiger partial charge in [-0.3, -0.25) is 4.79 Å². The molecule has 0 aromatic heterocycles. The summed E-state index contributed by atoms with van der Waals surface area (Å²) >= 11 is 0. The van der Waals surface area contributed by atoms with Crippen LogP contribution >= 0.6 is 0 Å². The van der Waals surface area contributed by atoms with Gasteiger partial charge in [0.15, 0.2) is 5.96 Å². The van der Waals surface area contributed by atoms with E-state index in [9.17, 15) is 4.79 Å². The molecule has 0 spiro atoms. The molecule has 0 bridgehead atoms. The monoisotopic (exact) mass is 332 g/mol. The summed E-state index contributed by atoms with van der Waals surface area (Å²) in [5, 5.41) is 6.72. The van der Waals surface area contributed by atoms with Gasteiger partial charge >= 0.3 is 0 Å². The molecule has 1 aliphatic rings. The number of nitrogens with zero attached hydrogens (tertiary/aromatic N) is 2. The smallest absolute Gasteiger partial charge is 0.243 e. The molecule has 1 aliphatic heterocycles. The first-order valence-electron chi connectivity index (χ1n) is 8.44. The standard InChI is InChI=1S/C18H28N4O2/c1-14(16-7-5-4-6-8-16)21-18(20-12-17(23)22(2)3)19-11-15-9-10-24-13-15/h4-8,14-15H,9-13H2,1-3H3,(H2,19,20,21). The Morgan fingerprint density at radius 3 is 2.75 bits per heavy atom. The van der Waals surface area contributed by atoms with Crippen molar-refractivity contribution >= 4 is 11.9 Å². The lowest BCUT2D eigenvalue weighted by molar-refractivity contribution is -0.127. The van der Waals surface area contributed by atoms with Crippen LogP contribution in [0.2, 0.25) is 0 Å². The summed E-state index contributed by atoms with van der Waals surface area (Å²) in [4.78, 5) is 17.8. The molecule has 24 heavy (non-hydrogen) atoms. The largest absolute Gasteiger partial charge is 0.381 e. The fraction of sp³-hybridized carbons (Fsp3) is 0.556. The van der Waals surface area contributed by atoms with Crippen LogP contribution in [-0.2, 0) is 9.53 Å². The number of hydrogen-bond donors (Lipinski definition) is 2. The lowest BCUT2D eigenvalue weighted by Crippen LogP contribution is -2.42. The van der Waals surface area contributed by atoms with Crippen LogP contribution in [0.25, 0.3) is 0 Å². The normalized spacial score (nSPS) is 19.0. The van der Waals surface area contributed by atoms with Crippen LogP contribution in [0.15, 0.2) is 35.3 Å². The topological polar surface area (TPSA) is 66.0 Å². The van der Waals surface area contributed by atoms with Crippen LogP contribution < -0.4 is 10.6 Å². The van der Waals surface area contributed by atoms with Gasteiger partial charge in [-0.2, -0.15) is 0 Å². The molecule has 1 heterocycles. The van der Waals surface area contributed by atoms with E-state index < -0.39 is 0 Å². The van der Waals surface area contributed by atoms with Crippen molar-refractivity contribution in [2.45, 2.75) is 19.4 Å². The average Bonchev–Trinajstić information content (AvgIpc) is 3.11. The molecule has 2 atom stereocenters. The molecule has 6 heteroatoms. The van der Waals surface area contributed by atoms with Crippen molar-refractivity contribution in [1.82, 2.24) is 15.5 Å². The van der Waals surface area contributed by atoms with Crippen molar-refractivity contribution in [3.63, 3.8) is 0 Å². The first kappa shape index (κ1) is 18.3. The zero-order valence-corrected chi connectivity index (χ0v) is 14.8. The molecule has 2 unspecified atom stereocenters. The summed E-state index contributed by atoms with van der Waals surface area (Å²) < 4.78 is 5.41. The lowest BCUT2D eigenvalue weighted by Gasteiger charge is -2.20. The minimum Gasteiger partial charge on any atom is -0.381 e. The predicted molar refractivity (Wildman–Crippen MR) is 95.9 cm³/mol. The second-order valence-corrected chi connectivity index (χ2v) is 6.34. The van der Waals surface area contributed by atoms with Crippen LogP contribution in [0.5, 0.6) is 0 Å². The Balaban J connectivity index is 1.97. The molecule has 1 saturated heterocycles. The molecule has 1 fully saturated rings. The van der Waals surface area contributed by atoms with E-state index in [4.69, 9.17) is 4.74 Å². The van der Waals surface area contributed by atoms with Crippen LogP contribution in [-0.4, -0.2) is 57.2 Å². The highest BCUT2D eigenvalue weighted by Gasteiger charge is 2.17. The molecule has 2 rings (SSSR count). The number of guanidine groups is 1. The quantitative estimate of drug-likeness (QED) is 0.611. The van der Waals surface area contributed by atoms with Gasteiger partial charge in [0.05, 0.1) is 12.6 Å². The van der Waals surface area contributed by atoms with Gasteiger partial charge in [-0.25, -0.2) is 4.99 Å². The Kier molecular flexibility index (Phi) is 7.06. The molecule has 2 N–H and O–H groups in total. The van der Waals surface area contributed by atoms with Crippen molar-refractivity contribution in [3.8, 4) is 0 Å². The molecule has 1 amide bonds. The van der Waals surface area contributed by atoms with Crippen molar-refractivity contribution < 1.29 is 9.53 Å². The van der Waals surface area contributed by atoms with Crippen molar-refractivity contribution in [3.05, 3.63) is 35.9 Å². The second-order valence-electron chi connectivity index (χ2n) is 6.34. The van der Waals surface area contributed by atoms with Gasteiger partial charge in [0.2, 0.25) is 5.91 Å². The van der Waals surface area contributed by atoms with Gasteiger partial charge < -0.3 is 20.3 Å². The molecule has 6 nitrogen and oxygen atoms in total. The van der Waals surface area contributed by atoms with Gasteiger partial charge in [-0.15, -0.1) is 0 Å². The van der Waals surface area contributed by atoms with E-state index >= 15 is 0 Å². The summed E-state index contributed by atoms with van der Waals surface area (Å²) in [6, 6.07) is 10.3. The lowest BCUT2D eigenvalue weighted by atomic mass is 10.1. The molecule has 1 aromatic rings. The number of likely N-dealkylation sites (N-methyl/N-ethyl adjacent to an activating group) is 1. The maximum absolute atomic E-state index is 11.8. The zero-order valence-electron chi connectivity index (χ0n) is 14.8. The van der Waals surface area contributed by atoms with Gasteiger partial charge in [0.25, 0.3) is 0 Å². The Labute approximate surface area is 144 Å². The molecule has 1 aromatic carbocycles. The van der Waals surface area contributed by atoms with Crippen molar-refractivity contribution in [1.29, 1.82) is 0 Å². The molecular weight excluding hydrogens is 304 g/mol. The highest BCUT2D eigenvalue weighted by Crippen LogP contribution is 2.12. The second kappa shape index (κ2) is 9.27. The SMILES string of the molecule is CC(NC(=NCC(=O)N(C)C)NCC1CCOC1)c1ccccc1. The van der Waals surface area contributed by atoms with Gasteiger partial charge in [0.1, 0.15) is 6.54 Å². The summed E-state index contributed by atoms with van der Waals surface area (Å²) in [5.74, 6) is 1.13. The Morgan fingerprint density at radius 1 is 1.38 bits per heavy atom. The summed E-state index contributed by atoms with van der Waals surface area (Å²) in [5.41, 5.74) is 1.18. The highest BCUT2D eigenvalue weighted by molar-refractivity contribution is 5.85. The number of nitrogens with one attached hydrogen (secondary N) is 2. The Morgan fingerprint density at radius 2 is 2.12 bits per heavy atom. The fourth-order valence-corrected chi connectivity index (χ4v) is 2.46. The van der Waals surface area contributed by atoms with Crippen molar-refractivity contribution in [2.24, 2.45) is 10.9 Å². The first-order chi connectivity index (χ1) is 11.6. The van der Waals surface area contributed by atoms with E-state index in [0.717, 1.165) is 26.2 Å². The highest BCUT2D eigenvalue weighted by atomic mass is 16.5. The number of amides is 1. The summed E-state index contributed by atoms with van der Waals surface area (Å²) in [7, 11) is 3.47. The van der Waals surface area contributed by atoms with Crippen LogP contribution in [0.4, 0.5) is 0 Å². The van der Waals surface area contributed by atoms with Crippen LogP contribution in [0.3, 0.4) is 0 Å². The molecule has 0 saturated carbocycles. The van der Waals surface area contributed by atoms with Gasteiger partial charge in [-0.05, 0) is 18.9 Å². The van der Waals surface area contributed by atoms with Crippen LogP contribution in [0, 0.1) is 5.92 Å². The van der Waals surface area contributed by atoms with E-state index in [-0.39, 0.29) is 18.5 Å². The maximum Gasteiger partial charge on any atom is 0.243 e. The van der Waals surface area contributed by atoms with E-state index in [1.165, 1.54) is 5.56 Å². The number of benzene rings is 1. The number of carbonyl (C=O) groups excluding carboxylic acids is 1. The van der Waals surface area contributed by atoms with E-state index in [2.05, 4.69) is 34.7 Å². The third kappa shape index (κ3) is 5.85. The van der Waals surface area contributed by atoms with E-state index in [0.29, 0.717) is 11.9 Å². The Bertz CT molecular complexity index is 539. The molecule has 132 valence electrons. The molecular formula is C18H28N4O2. The maximum atomic E-state index is 11.8. The minimum absolute atomic E-state index is 0.0207. The number of aliphatic imine (C=N–C) groups is 1. The number of hydrogen-bond acceptors (Lipinski definition) is 3. The summed E-state index contributed by atoms with van der Waals surface area (Å²) in [6.45, 7) is 4.62. The average molecular weight is 332 g/mol.